The standard InChI is InChI=1S/C16H14BrFN2OS/c17-13-3-1-2-4-14(13)19-16(21)20-9-10-22-15(20)11-5-7-12(18)8-6-11/h1-8,15H,9-10H2,(H,19,21)/t15-/m0/s1. The Balaban J connectivity index is 1.76. The summed E-state index contributed by atoms with van der Waals surface area (Å²) in [6.45, 7) is 0.670. The lowest BCUT2D eigenvalue weighted by Crippen LogP contribution is -2.34. The van der Waals surface area contributed by atoms with Gasteiger partial charge in [0.05, 0.1) is 5.69 Å². The number of carbonyl (C=O) groups excluding carboxylic acids is 1. The average Bonchev–Trinajstić information content (AvgIpc) is 3.00. The van der Waals surface area contributed by atoms with E-state index in [9.17, 15) is 9.18 Å². The number of nitrogens with zero attached hydrogens (tertiary/aromatic N) is 1. The van der Waals surface area contributed by atoms with E-state index in [2.05, 4.69) is 21.2 Å². The van der Waals surface area contributed by atoms with E-state index >= 15 is 0 Å². The highest BCUT2D eigenvalue weighted by molar-refractivity contribution is 9.10. The van der Waals surface area contributed by atoms with Crippen LogP contribution in [0.1, 0.15) is 10.9 Å². The molecule has 0 bridgehead atoms. The van der Waals surface area contributed by atoms with Crippen molar-refractivity contribution in [2.75, 3.05) is 17.6 Å². The average molecular weight is 381 g/mol. The summed E-state index contributed by atoms with van der Waals surface area (Å²) in [7, 11) is 0. The van der Waals surface area contributed by atoms with E-state index in [0.717, 1.165) is 21.5 Å². The van der Waals surface area contributed by atoms with Gasteiger partial charge >= 0.3 is 6.03 Å². The highest BCUT2D eigenvalue weighted by Gasteiger charge is 2.30. The van der Waals surface area contributed by atoms with E-state index in [0.29, 0.717) is 6.54 Å². The largest absolute Gasteiger partial charge is 0.323 e. The van der Waals surface area contributed by atoms with Crippen molar-refractivity contribution in [2.45, 2.75) is 5.37 Å². The Kier molecular flexibility index (Phi) is 4.69. The molecule has 1 atom stereocenters. The van der Waals surface area contributed by atoms with Crippen molar-refractivity contribution >= 4 is 39.4 Å². The molecule has 3 nitrogen and oxygen atoms in total. The van der Waals surface area contributed by atoms with Crippen LogP contribution in [0.4, 0.5) is 14.9 Å². The first-order chi connectivity index (χ1) is 10.6. The Morgan fingerprint density at radius 2 is 1.95 bits per heavy atom. The number of thioether (sulfide) groups is 1. The molecule has 2 amide bonds. The quantitative estimate of drug-likeness (QED) is 0.805. The third-order valence-corrected chi connectivity index (χ3v) is 5.37. The van der Waals surface area contributed by atoms with Gasteiger partial charge in [0.2, 0.25) is 0 Å². The summed E-state index contributed by atoms with van der Waals surface area (Å²) >= 11 is 5.10. The first-order valence-corrected chi connectivity index (χ1v) is 8.68. The number of benzene rings is 2. The maximum Gasteiger partial charge on any atom is 0.323 e. The molecule has 1 saturated heterocycles. The summed E-state index contributed by atoms with van der Waals surface area (Å²) in [4.78, 5) is 14.3. The Hall–Kier alpha value is -1.53. The van der Waals surface area contributed by atoms with E-state index in [4.69, 9.17) is 0 Å². The molecule has 0 aromatic heterocycles. The SMILES string of the molecule is O=C(Nc1ccccc1Br)N1CCS[C@H]1c1ccc(F)cc1. The number of anilines is 1. The van der Waals surface area contributed by atoms with Crippen LogP contribution in [0.5, 0.6) is 0 Å². The molecule has 0 aliphatic carbocycles. The van der Waals surface area contributed by atoms with Gasteiger partial charge in [-0.2, -0.15) is 0 Å². The Morgan fingerprint density at radius 3 is 2.68 bits per heavy atom. The lowest BCUT2D eigenvalue weighted by Gasteiger charge is -2.24. The molecule has 1 heterocycles. The highest BCUT2D eigenvalue weighted by Crippen LogP contribution is 2.38. The molecule has 22 heavy (non-hydrogen) atoms. The van der Waals surface area contributed by atoms with Crippen LogP contribution < -0.4 is 5.32 Å². The first-order valence-electron chi connectivity index (χ1n) is 6.84. The molecule has 3 rings (SSSR count). The van der Waals surface area contributed by atoms with Gasteiger partial charge in [-0.25, -0.2) is 9.18 Å². The molecular weight excluding hydrogens is 367 g/mol. The molecule has 1 N–H and O–H groups in total. The van der Waals surface area contributed by atoms with E-state index in [1.165, 1.54) is 12.1 Å². The minimum atomic E-state index is -0.268. The second-order valence-electron chi connectivity index (χ2n) is 4.88. The first kappa shape index (κ1) is 15.4. The summed E-state index contributed by atoms with van der Waals surface area (Å²) < 4.78 is 13.9. The van der Waals surface area contributed by atoms with Crippen molar-refractivity contribution in [2.24, 2.45) is 0 Å². The van der Waals surface area contributed by atoms with E-state index < -0.39 is 0 Å². The summed E-state index contributed by atoms with van der Waals surface area (Å²) in [5.41, 5.74) is 1.67. The molecule has 0 radical (unpaired) electrons. The molecule has 1 fully saturated rings. The fourth-order valence-corrected chi connectivity index (χ4v) is 3.97. The number of rotatable bonds is 2. The maximum atomic E-state index is 13.1. The van der Waals surface area contributed by atoms with Crippen molar-refractivity contribution in [3.8, 4) is 0 Å². The number of para-hydroxylation sites is 1. The molecule has 2 aromatic carbocycles. The molecule has 1 aliphatic heterocycles. The monoisotopic (exact) mass is 380 g/mol. The van der Waals surface area contributed by atoms with Crippen LogP contribution in [0.2, 0.25) is 0 Å². The molecular formula is C16H14BrFN2OS. The Morgan fingerprint density at radius 1 is 1.23 bits per heavy atom. The second kappa shape index (κ2) is 6.71. The number of hydrogen-bond acceptors (Lipinski definition) is 2. The minimum Gasteiger partial charge on any atom is -0.308 e. The summed E-state index contributed by atoms with van der Waals surface area (Å²) in [5.74, 6) is 0.599. The van der Waals surface area contributed by atoms with Crippen molar-refractivity contribution in [1.29, 1.82) is 0 Å². The van der Waals surface area contributed by atoms with Crippen LogP contribution >= 0.6 is 27.7 Å². The zero-order valence-corrected chi connectivity index (χ0v) is 14.0. The molecule has 1 aliphatic rings. The molecule has 0 saturated carbocycles. The lowest BCUT2D eigenvalue weighted by atomic mass is 10.2. The van der Waals surface area contributed by atoms with Crippen molar-refractivity contribution in [3.05, 3.63) is 64.4 Å². The predicted octanol–water partition coefficient (Wildman–Crippen LogP) is 4.87. The molecule has 0 unspecified atom stereocenters. The summed E-state index contributed by atoms with van der Waals surface area (Å²) in [5, 5.41) is 2.84. The van der Waals surface area contributed by atoms with Crippen LogP contribution in [0.3, 0.4) is 0 Å². The zero-order valence-electron chi connectivity index (χ0n) is 11.6. The van der Waals surface area contributed by atoms with Gasteiger partial charge in [-0.3, -0.25) is 0 Å². The number of nitrogens with one attached hydrogen (secondary N) is 1. The van der Waals surface area contributed by atoms with Gasteiger partial charge in [0, 0.05) is 16.8 Å². The molecule has 6 heteroatoms. The van der Waals surface area contributed by atoms with E-state index in [1.807, 2.05) is 24.3 Å². The van der Waals surface area contributed by atoms with Gasteiger partial charge in [0.15, 0.2) is 0 Å². The van der Waals surface area contributed by atoms with Crippen molar-refractivity contribution < 1.29 is 9.18 Å². The maximum absolute atomic E-state index is 13.1. The van der Waals surface area contributed by atoms with Gasteiger partial charge in [-0.15, -0.1) is 11.8 Å². The van der Waals surface area contributed by atoms with Crippen LogP contribution in [-0.4, -0.2) is 23.2 Å². The smallest absolute Gasteiger partial charge is 0.308 e. The van der Waals surface area contributed by atoms with E-state index in [1.54, 1.807) is 28.8 Å². The van der Waals surface area contributed by atoms with Crippen LogP contribution in [0.25, 0.3) is 0 Å². The number of carbonyl (C=O) groups is 1. The zero-order chi connectivity index (χ0) is 15.5. The third-order valence-electron chi connectivity index (χ3n) is 3.42. The lowest BCUT2D eigenvalue weighted by molar-refractivity contribution is 0.214. The third kappa shape index (κ3) is 3.28. The van der Waals surface area contributed by atoms with Gasteiger partial charge < -0.3 is 10.2 Å². The van der Waals surface area contributed by atoms with E-state index in [-0.39, 0.29) is 17.2 Å². The van der Waals surface area contributed by atoms with Gasteiger partial charge in [0.25, 0.3) is 0 Å². The molecule has 114 valence electrons. The molecule has 0 spiro atoms. The van der Waals surface area contributed by atoms with Crippen molar-refractivity contribution in [3.63, 3.8) is 0 Å². The topological polar surface area (TPSA) is 32.3 Å². The Labute approximate surface area is 141 Å². The van der Waals surface area contributed by atoms with Crippen molar-refractivity contribution in [1.82, 2.24) is 4.90 Å². The number of halogens is 2. The normalized spacial score (nSPS) is 17.5. The number of hydrogen-bond donors (Lipinski definition) is 1. The van der Waals surface area contributed by atoms with Crippen LogP contribution in [-0.2, 0) is 0 Å². The molecule has 2 aromatic rings. The van der Waals surface area contributed by atoms with Crippen LogP contribution in [0.15, 0.2) is 53.0 Å². The number of urea groups is 1. The van der Waals surface area contributed by atoms with Crippen LogP contribution in [0, 0.1) is 5.82 Å². The number of amides is 2. The summed E-state index contributed by atoms with van der Waals surface area (Å²) in [6.07, 6.45) is 0. The fraction of sp³-hybridized carbons (Fsp3) is 0.188. The van der Waals surface area contributed by atoms with Gasteiger partial charge in [0.1, 0.15) is 11.2 Å². The predicted molar refractivity (Wildman–Crippen MR) is 91.5 cm³/mol. The highest BCUT2D eigenvalue weighted by atomic mass is 79.9. The van der Waals surface area contributed by atoms with Gasteiger partial charge in [-0.05, 0) is 45.8 Å². The fourth-order valence-electron chi connectivity index (χ4n) is 2.33. The summed E-state index contributed by atoms with van der Waals surface area (Å²) in [6, 6.07) is 13.7. The minimum absolute atomic E-state index is 0.0805. The Bertz CT molecular complexity index is 680. The second-order valence-corrected chi connectivity index (χ2v) is 6.92. The van der Waals surface area contributed by atoms with Gasteiger partial charge in [-0.1, -0.05) is 24.3 Å².